The van der Waals surface area contributed by atoms with Crippen molar-refractivity contribution in [2.45, 2.75) is 39.5 Å². The zero-order valence-electron chi connectivity index (χ0n) is 16.6. The van der Waals surface area contributed by atoms with Crippen molar-refractivity contribution in [1.29, 1.82) is 0 Å². The van der Waals surface area contributed by atoms with Crippen LogP contribution in [0, 0.1) is 6.92 Å². The van der Waals surface area contributed by atoms with Crippen LogP contribution in [0.4, 0.5) is 11.4 Å². The molecule has 29 heavy (non-hydrogen) atoms. The molecule has 0 heterocycles. The van der Waals surface area contributed by atoms with Crippen LogP contribution in [0.1, 0.15) is 37.3 Å². The Morgan fingerprint density at radius 1 is 0.966 bits per heavy atom. The van der Waals surface area contributed by atoms with E-state index < -0.39 is 11.9 Å². The Bertz CT molecular complexity index is 883. The Balaban J connectivity index is 1.68. The molecule has 0 atom stereocenters. The summed E-state index contributed by atoms with van der Waals surface area (Å²) in [7, 11) is 0. The molecule has 2 aromatic rings. The average molecular weight is 461 g/mol. The topological polar surface area (TPSA) is 84.5 Å². The number of hydrogen-bond acceptors (Lipinski definition) is 4. The fourth-order valence-electron chi connectivity index (χ4n) is 2.70. The first-order valence-electron chi connectivity index (χ1n) is 9.48. The minimum absolute atomic E-state index is 0.0764. The molecule has 7 heteroatoms. The number of ether oxygens (including phenoxy) is 1. The number of amides is 2. The van der Waals surface area contributed by atoms with E-state index in [1.807, 2.05) is 50.2 Å². The lowest BCUT2D eigenvalue weighted by Gasteiger charge is -2.11. The van der Waals surface area contributed by atoms with E-state index in [4.69, 9.17) is 4.74 Å². The number of benzene rings is 2. The summed E-state index contributed by atoms with van der Waals surface area (Å²) in [6.45, 7) is 3.55. The second-order valence-corrected chi connectivity index (χ2v) is 7.50. The number of carbonyl (C=O) groups is 3. The Hall–Kier alpha value is -2.67. The molecule has 0 bridgehead atoms. The molecule has 0 fully saturated rings. The van der Waals surface area contributed by atoms with Crippen LogP contribution in [0.15, 0.2) is 46.9 Å². The Morgan fingerprint density at radius 3 is 2.41 bits per heavy atom. The highest BCUT2D eigenvalue weighted by molar-refractivity contribution is 9.10. The van der Waals surface area contributed by atoms with Crippen LogP contribution in [-0.2, 0) is 25.5 Å². The number of para-hydroxylation sites is 1. The van der Waals surface area contributed by atoms with Gasteiger partial charge in [0, 0.05) is 28.7 Å². The van der Waals surface area contributed by atoms with E-state index in [1.54, 1.807) is 6.07 Å². The SMILES string of the molecule is CCc1cc(Br)ccc1NC(=O)COC(=O)CCCC(=O)Nc1ccccc1C. The van der Waals surface area contributed by atoms with Gasteiger partial charge in [0.25, 0.3) is 5.91 Å². The molecule has 0 saturated carbocycles. The number of halogens is 1. The zero-order chi connectivity index (χ0) is 21.2. The van der Waals surface area contributed by atoms with Gasteiger partial charge < -0.3 is 15.4 Å². The van der Waals surface area contributed by atoms with Gasteiger partial charge in [-0.2, -0.15) is 0 Å². The second kappa shape index (κ2) is 11.4. The normalized spacial score (nSPS) is 10.3. The molecule has 6 nitrogen and oxygen atoms in total. The summed E-state index contributed by atoms with van der Waals surface area (Å²) in [5.74, 6) is -1.06. The highest BCUT2D eigenvalue weighted by Crippen LogP contribution is 2.21. The maximum atomic E-state index is 12.0. The lowest BCUT2D eigenvalue weighted by Crippen LogP contribution is -2.21. The van der Waals surface area contributed by atoms with Crippen LogP contribution in [0.3, 0.4) is 0 Å². The van der Waals surface area contributed by atoms with Gasteiger partial charge in [0.05, 0.1) is 0 Å². The van der Waals surface area contributed by atoms with Gasteiger partial charge in [-0.3, -0.25) is 14.4 Å². The molecule has 0 spiro atoms. The molecule has 2 N–H and O–H groups in total. The maximum Gasteiger partial charge on any atom is 0.306 e. The summed E-state index contributed by atoms with van der Waals surface area (Å²) in [5.41, 5.74) is 3.42. The highest BCUT2D eigenvalue weighted by Gasteiger charge is 2.11. The third-order valence-electron chi connectivity index (χ3n) is 4.29. The third-order valence-corrected chi connectivity index (χ3v) is 4.78. The summed E-state index contributed by atoms with van der Waals surface area (Å²) in [4.78, 5) is 35.8. The van der Waals surface area contributed by atoms with Crippen molar-refractivity contribution in [2.75, 3.05) is 17.2 Å². The maximum absolute atomic E-state index is 12.0. The first-order chi connectivity index (χ1) is 13.9. The summed E-state index contributed by atoms with van der Waals surface area (Å²) in [5, 5.41) is 5.57. The zero-order valence-corrected chi connectivity index (χ0v) is 18.2. The van der Waals surface area contributed by atoms with E-state index in [2.05, 4.69) is 26.6 Å². The molecule has 0 saturated heterocycles. The van der Waals surface area contributed by atoms with Crippen molar-refractivity contribution in [3.05, 3.63) is 58.1 Å². The number of rotatable bonds is 9. The molecule has 0 aliphatic rings. The lowest BCUT2D eigenvalue weighted by molar-refractivity contribution is -0.147. The van der Waals surface area contributed by atoms with Gasteiger partial charge in [-0.15, -0.1) is 0 Å². The van der Waals surface area contributed by atoms with Gasteiger partial charge in [-0.25, -0.2) is 0 Å². The average Bonchev–Trinajstić information content (AvgIpc) is 2.69. The number of hydrogen-bond donors (Lipinski definition) is 2. The van der Waals surface area contributed by atoms with Gasteiger partial charge in [-0.05, 0) is 55.2 Å². The minimum Gasteiger partial charge on any atom is -0.456 e. The van der Waals surface area contributed by atoms with Crippen LogP contribution in [0.5, 0.6) is 0 Å². The Kier molecular flexibility index (Phi) is 8.86. The number of nitrogens with one attached hydrogen (secondary N) is 2. The van der Waals surface area contributed by atoms with Gasteiger partial charge >= 0.3 is 5.97 Å². The van der Waals surface area contributed by atoms with Crippen molar-refractivity contribution < 1.29 is 19.1 Å². The lowest BCUT2D eigenvalue weighted by atomic mass is 10.1. The quantitative estimate of drug-likeness (QED) is 0.535. The van der Waals surface area contributed by atoms with Crippen molar-refractivity contribution >= 4 is 45.1 Å². The monoisotopic (exact) mass is 460 g/mol. The van der Waals surface area contributed by atoms with Crippen LogP contribution in [0.2, 0.25) is 0 Å². The van der Waals surface area contributed by atoms with Gasteiger partial charge in [0.1, 0.15) is 0 Å². The number of carbonyl (C=O) groups excluding carboxylic acids is 3. The molecular weight excluding hydrogens is 436 g/mol. The summed E-state index contributed by atoms with van der Waals surface area (Å²) >= 11 is 3.40. The number of anilines is 2. The largest absolute Gasteiger partial charge is 0.456 e. The highest BCUT2D eigenvalue weighted by atomic mass is 79.9. The summed E-state index contributed by atoms with van der Waals surface area (Å²) in [6.07, 6.45) is 1.39. The van der Waals surface area contributed by atoms with Gasteiger partial charge in [0.15, 0.2) is 6.61 Å². The molecule has 0 aliphatic carbocycles. The van der Waals surface area contributed by atoms with E-state index >= 15 is 0 Å². The van der Waals surface area contributed by atoms with Gasteiger partial charge in [-0.1, -0.05) is 41.1 Å². The number of esters is 1. The molecular formula is C22H25BrN2O4. The first-order valence-corrected chi connectivity index (χ1v) is 10.3. The summed E-state index contributed by atoms with van der Waals surface area (Å²) in [6, 6.07) is 13.1. The molecule has 2 aromatic carbocycles. The van der Waals surface area contributed by atoms with E-state index in [-0.39, 0.29) is 25.4 Å². The fourth-order valence-corrected chi connectivity index (χ4v) is 3.11. The molecule has 2 amide bonds. The fraction of sp³-hybridized carbons (Fsp3) is 0.318. The van der Waals surface area contributed by atoms with Crippen molar-refractivity contribution in [2.24, 2.45) is 0 Å². The third kappa shape index (κ3) is 7.69. The van der Waals surface area contributed by atoms with E-state index in [0.717, 1.165) is 27.7 Å². The molecule has 2 rings (SSSR count). The standard InChI is InChI=1S/C22H25BrN2O4/c1-3-16-13-17(23)11-12-19(16)25-21(27)14-29-22(28)10-6-9-20(26)24-18-8-5-4-7-15(18)2/h4-5,7-8,11-13H,3,6,9-10,14H2,1-2H3,(H,24,26)(H,25,27). The Labute approximate surface area is 179 Å². The number of aryl methyl sites for hydroxylation is 2. The van der Waals surface area contributed by atoms with Crippen LogP contribution in [0.25, 0.3) is 0 Å². The smallest absolute Gasteiger partial charge is 0.306 e. The van der Waals surface area contributed by atoms with Crippen LogP contribution < -0.4 is 10.6 Å². The summed E-state index contributed by atoms with van der Waals surface area (Å²) < 4.78 is 5.94. The van der Waals surface area contributed by atoms with Crippen molar-refractivity contribution in [3.8, 4) is 0 Å². The van der Waals surface area contributed by atoms with E-state index in [9.17, 15) is 14.4 Å². The van der Waals surface area contributed by atoms with E-state index in [1.165, 1.54) is 0 Å². The van der Waals surface area contributed by atoms with Crippen LogP contribution >= 0.6 is 15.9 Å². The first kappa shape index (κ1) is 22.6. The Morgan fingerprint density at radius 2 is 1.69 bits per heavy atom. The second-order valence-electron chi connectivity index (χ2n) is 6.58. The molecule has 0 unspecified atom stereocenters. The molecule has 0 radical (unpaired) electrons. The van der Waals surface area contributed by atoms with Crippen LogP contribution in [-0.4, -0.2) is 24.4 Å². The van der Waals surface area contributed by atoms with Crippen molar-refractivity contribution in [1.82, 2.24) is 0 Å². The molecule has 0 aromatic heterocycles. The van der Waals surface area contributed by atoms with E-state index in [0.29, 0.717) is 12.1 Å². The van der Waals surface area contributed by atoms with Crippen molar-refractivity contribution in [3.63, 3.8) is 0 Å². The minimum atomic E-state index is -0.504. The van der Waals surface area contributed by atoms with Gasteiger partial charge in [0.2, 0.25) is 5.91 Å². The molecule has 0 aliphatic heterocycles. The molecule has 154 valence electrons. The predicted molar refractivity (Wildman–Crippen MR) is 117 cm³/mol. The predicted octanol–water partition coefficient (Wildman–Crippen LogP) is 4.61.